The van der Waals surface area contributed by atoms with Crippen LogP contribution in [0.15, 0.2) is 79.1 Å². The van der Waals surface area contributed by atoms with Crippen molar-refractivity contribution in [3.05, 3.63) is 95.8 Å². The molecule has 11 N–H and O–H groups in total. The summed E-state index contributed by atoms with van der Waals surface area (Å²) >= 11 is 1.31. The average Bonchev–Trinajstić information content (AvgIpc) is 1.57. The number of aromatic hydroxyl groups is 1. The van der Waals surface area contributed by atoms with Crippen molar-refractivity contribution < 1.29 is 132 Å². The molecule has 4 aliphatic rings. The number of hydrogen-bond acceptors (Lipinski definition) is 26. The molecule has 0 aliphatic carbocycles. The maximum absolute atomic E-state index is 15.3. The molecule has 0 unspecified atom stereocenters. The van der Waals surface area contributed by atoms with Crippen LogP contribution < -0.4 is 70.3 Å². The van der Waals surface area contributed by atoms with E-state index in [1.165, 1.54) is 58.3 Å². The topological polar surface area (TPSA) is 450 Å². The summed E-state index contributed by atoms with van der Waals surface area (Å²) in [6, 6.07) is 5.88. The molecule has 0 bridgehead atoms. The monoisotopic (exact) mass is 1440 g/mol. The summed E-state index contributed by atoms with van der Waals surface area (Å²) in [6.45, 7) is 2.35. The fourth-order valence-electron chi connectivity index (χ4n) is 12.1. The quantitative estimate of drug-likeness (QED) is 0.00937. The van der Waals surface area contributed by atoms with Crippen molar-refractivity contribution in [3.63, 3.8) is 0 Å². The van der Waals surface area contributed by atoms with Gasteiger partial charge in [-0.05, 0) is 73.9 Å². The zero-order valence-corrected chi connectivity index (χ0v) is 59.2. The van der Waals surface area contributed by atoms with Gasteiger partial charge in [-0.2, -0.15) is 5.10 Å². The number of aliphatic hydroxyl groups excluding tert-OH is 5. The van der Waals surface area contributed by atoms with Gasteiger partial charge < -0.3 is 95.6 Å². The number of rotatable bonds is 24. The molecule has 0 spiro atoms. The van der Waals surface area contributed by atoms with Crippen molar-refractivity contribution in [2.75, 3.05) is 46.5 Å². The Bertz CT molecular complexity index is 3610. The molecule has 8 amide bonds. The second-order valence-electron chi connectivity index (χ2n) is 24.8. The smallest absolute Gasteiger partial charge is 0.691 e. The van der Waals surface area contributed by atoms with Crippen LogP contribution in [0.5, 0.6) is 17.2 Å². The van der Waals surface area contributed by atoms with Crippen molar-refractivity contribution in [1.29, 1.82) is 0 Å². The molecule has 100 heavy (non-hydrogen) atoms. The number of unbranched alkanes of at least 4 members (excludes halogenated alkanes) is 4. The first-order valence-corrected chi connectivity index (χ1v) is 33.7. The van der Waals surface area contributed by atoms with E-state index in [0.717, 1.165) is 67.1 Å². The second-order valence-corrected chi connectivity index (χ2v) is 26.2. The molecular formula is C64H81N12NaO21S2. The van der Waals surface area contributed by atoms with Gasteiger partial charge in [0.25, 0.3) is 18.2 Å². The third kappa shape index (κ3) is 20.3. The third-order valence-electron chi connectivity index (χ3n) is 17.4. The van der Waals surface area contributed by atoms with E-state index >= 15 is 9.59 Å². The summed E-state index contributed by atoms with van der Waals surface area (Å²) in [5.41, 5.74) is 2.12. The number of aliphatic hydroxyl groups is 5. The number of nitrogens with one attached hydrogen (secondary N) is 5. The van der Waals surface area contributed by atoms with Crippen LogP contribution in [-0.4, -0.2) is 232 Å². The van der Waals surface area contributed by atoms with Crippen LogP contribution in [0.3, 0.4) is 0 Å². The molecule has 4 aliphatic heterocycles. The molecule has 36 heteroatoms. The number of aryl methyl sites for hydroxylation is 1. The number of cyclic esters (lactones) is 1. The molecule has 4 fully saturated rings. The summed E-state index contributed by atoms with van der Waals surface area (Å²) in [6.07, 6.45) is -4.53. The van der Waals surface area contributed by atoms with Crippen molar-refractivity contribution in [2.45, 2.75) is 151 Å². The van der Waals surface area contributed by atoms with Gasteiger partial charge in [0.2, 0.25) is 35.4 Å². The van der Waals surface area contributed by atoms with Crippen molar-refractivity contribution in [3.8, 4) is 38.4 Å². The van der Waals surface area contributed by atoms with Gasteiger partial charge in [-0.1, -0.05) is 55.7 Å². The first kappa shape index (κ1) is 78.1. The normalized spacial score (nSPS) is 24.8. The minimum Gasteiger partial charge on any atom is -0.691 e. The fraction of sp³-hybridized carbons (Fsp3) is 0.516. The Hall–Kier alpha value is -7.62. The Labute approximate surface area is 605 Å². The van der Waals surface area contributed by atoms with Crippen LogP contribution >= 0.6 is 23.7 Å². The number of phenolic OH excluding ortho intramolecular Hbond substituents is 1. The van der Waals surface area contributed by atoms with E-state index in [2.05, 4.69) is 51.3 Å². The molecule has 13 atom stereocenters. The first-order valence-electron chi connectivity index (χ1n) is 32.2. The minimum atomic E-state index is -2.15. The van der Waals surface area contributed by atoms with E-state index in [4.69, 9.17) is 18.4 Å². The Morgan fingerprint density at radius 3 is 2.15 bits per heavy atom. The van der Waals surface area contributed by atoms with Crippen LogP contribution in [-0.2, 0) is 67.6 Å². The minimum absolute atomic E-state index is 0. The van der Waals surface area contributed by atoms with E-state index in [9.17, 15) is 64.7 Å². The van der Waals surface area contributed by atoms with Gasteiger partial charge in [-0.25, -0.2) is 4.79 Å². The molecule has 6 heterocycles. The molecule has 0 saturated carbocycles. The van der Waals surface area contributed by atoms with E-state index in [-0.39, 0.29) is 84.8 Å². The van der Waals surface area contributed by atoms with Crippen LogP contribution in [0.25, 0.3) is 21.1 Å². The molecule has 33 nitrogen and oxygen atoms in total. The summed E-state index contributed by atoms with van der Waals surface area (Å²) < 4.78 is 27.7. The third-order valence-corrected chi connectivity index (χ3v) is 18.8. The molecule has 5 aromatic rings. The predicted octanol–water partition coefficient (Wildman–Crippen LogP) is -3.54. The number of phenols is 1. The standard InChI is InChI=1S/C64H82N12O21S2.Na/c1-34-30-76-53(54(34)82)59(87)65-29-41(78)26-44(67-55(83)38-11-13-39(14-12-38)60-71-72-61(98-60)40-15-17-43(18-16-40)93-23-9-7-5-6-8-22-92-4)56(84)68-50(35(2)77)62(88)75-33-42(79)27-45(75)57(85)69-51(47(81)24-36-10-19-46(80)49(25-36)95-99-97-96-91)58(86)70-52(63(76)89)48-20-21-74(64(90)94-48)32-37-28-66-73(3)31-37;/h10-19,25,28,31,34-35,41-42,44-45,47-48,50-54,77-82,91H,5-9,20-24,26-27,29-30,32-33H2,1-4H3,(H,65,87)(H,67,83)(H,68,84)(H,69,85)(H,70,86);/q;+1/p-1/t34-,35+,41-,42-,44+,45+,47-,48-,50+,51+,52+,53+,54+;/m1./s1. The number of aromatic nitrogens is 4. The number of fused-ring (bicyclic) bond motifs is 2. The van der Waals surface area contributed by atoms with Gasteiger partial charge in [-0.3, -0.25) is 43.3 Å². The molecule has 4 saturated heterocycles. The molecular weight excluding hydrogens is 1360 g/mol. The average molecular weight is 1440 g/mol. The Morgan fingerprint density at radius 2 is 1.49 bits per heavy atom. The summed E-state index contributed by atoms with van der Waals surface area (Å²) in [4.78, 5) is 120. The number of benzene rings is 3. The number of β-amino-alcohol motifs (C(OH)–C–C–N with tert-alkyl or cyclic N) is 1. The summed E-state index contributed by atoms with van der Waals surface area (Å²) in [7, 11) is 3.37. The number of ether oxygens (including phenoxy) is 3. The zero-order chi connectivity index (χ0) is 71.0. The Morgan fingerprint density at radius 1 is 0.810 bits per heavy atom. The molecule has 3 aromatic carbocycles. The van der Waals surface area contributed by atoms with Crippen LogP contribution in [0.4, 0.5) is 4.79 Å². The molecule has 0 radical (unpaired) electrons. The molecule has 536 valence electrons. The number of carbonyl (C=O) groups excluding carboxylic acids is 8. The molecule has 9 rings (SSSR count). The Kier molecular flexibility index (Phi) is 28.8. The van der Waals surface area contributed by atoms with Gasteiger partial charge in [0.15, 0.2) is 11.5 Å². The van der Waals surface area contributed by atoms with Crippen molar-refractivity contribution in [2.24, 2.45) is 13.0 Å². The van der Waals surface area contributed by atoms with E-state index in [1.807, 2.05) is 24.3 Å². The van der Waals surface area contributed by atoms with Crippen molar-refractivity contribution >= 4 is 71.1 Å². The van der Waals surface area contributed by atoms with Crippen LogP contribution in [0.1, 0.15) is 86.7 Å². The first-order chi connectivity index (χ1) is 47.5. The number of carbonyl (C=O) groups is 8. The van der Waals surface area contributed by atoms with E-state index in [0.29, 0.717) is 33.5 Å². The predicted molar refractivity (Wildman–Crippen MR) is 347 cm³/mol. The number of amides is 8. The summed E-state index contributed by atoms with van der Waals surface area (Å²) in [5, 5.41) is 109. The van der Waals surface area contributed by atoms with Gasteiger partial charge in [-0.15, -0.1) is 14.5 Å². The van der Waals surface area contributed by atoms with Gasteiger partial charge >= 0.3 is 35.7 Å². The maximum atomic E-state index is 15.3. The number of methoxy groups -OCH3 is 1. The van der Waals surface area contributed by atoms with E-state index < -0.39 is 164 Å². The number of hydrogen-bond donors (Lipinski definition) is 11. The van der Waals surface area contributed by atoms with Crippen molar-refractivity contribution in [1.82, 2.24) is 61.3 Å². The second kappa shape index (κ2) is 36.8. The SMILES string of the molecule is COCCCCCCCOc1ccc(-c2nnc(-c3ccc(C(=O)N[C@H]4C[C@@H](O)CNC(=O)[C@@H]5[C@@H](O)[C@H](C)CN5C(=O)[C@H]([C@H]5CCN(Cc6cnn(C)c6)C(=O)O5)NC(=O)[C@H]([C@H](O)Cc5ccc(O)c(OSOO[O-])c5)NC(=O)[C@@H]5C[C@@H](O)CN5C(=O)[C@H]([C@H](C)O)NC4=O)cc3)s2)cc1.[Na+]. The van der Waals surface area contributed by atoms with Crippen LogP contribution in [0.2, 0.25) is 0 Å². The Balaban J connectivity index is 0.0000127. The zero-order valence-electron chi connectivity index (χ0n) is 55.6. The largest absolute Gasteiger partial charge is 1.00 e. The number of nitrogens with zero attached hydrogens (tertiary/aromatic N) is 7. The van der Waals surface area contributed by atoms with Gasteiger partial charge in [0.1, 0.15) is 58.1 Å². The van der Waals surface area contributed by atoms with E-state index in [1.54, 1.807) is 32.5 Å². The van der Waals surface area contributed by atoms with Crippen LogP contribution in [0, 0.1) is 5.92 Å². The maximum Gasteiger partial charge on any atom is 1.00 e. The van der Waals surface area contributed by atoms with Gasteiger partial charge in [0.05, 0.1) is 49.9 Å². The van der Waals surface area contributed by atoms with Gasteiger partial charge in [0, 0.05) is 107 Å². The fourth-order valence-corrected chi connectivity index (χ4v) is 13.2. The summed E-state index contributed by atoms with van der Waals surface area (Å²) in [5.74, 6) is -8.72. The molecule has 2 aromatic heterocycles.